The first-order valence-corrected chi connectivity index (χ1v) is 19.0. The second-order valence-corrected chi connectivity index (χ2v) is 11.7. The maximum atomic E-state index is 13.4. The number of carbonyl (C=O) groups excluding carboxylic acids is 2. The predicted octanol–water partition coefficient (Wildman–Crippen LogP) is 1.39. The Morgan fingerprint density at radius 2 is 0.737 bits per heavy atom. The van der Waals surface area contributed by atoms with E-state index in [-0.39, 0.29) is 57.6 Å². The van der Waals surface area contributed by atoms with Crippen LogP contribution in [0.2, 0.25) is 0 Å². The first-order chi connectivity index (χ1) is 28.1. The van der Waals surface area contributed by atoms with Crippen LogP contribution in [0.1, 0.15) is 20.7 Å². The summed E-state index contributed by atoms with van der Waals surface area (Å²) in [5.74, 6) is 0.0759. The van der Waals surface area contributed by atoms with Crippen molar-refractivity contribution in [2.45, 2.75) is 0 Å². The smallest absolute Gasteiger partial charge is 0.233 e. The largest absolute Gasteiger partial charge is 0.491 e. The van der Waals surface area contributed by atoms with Gasteiger partial charge in [0.2, 0.25) is 18.4 Å². The molecule has 0 saturated heterocycles. The molecule has 3 rings (SSSR count). The van der Waals surface area contributed by atoms with Crippen molar-refractivity contribution in [2.24, 2.45) is 0 Å². The van der Waals surface area contributed by atoms with Gasteiger partial charge < -0.3 is 76.5 Å². The molecule has 0 aliphatic carbocycles. The summed E-state index contributed by atoms with van der Waals surface area (Å²) in [7, 11) is 0. The van der Waals surface area contributed by atoms with Gasteiger partial charge in [0.25, 0.3) is 0 Å². The summed E-state index contributed by atoms with van der Waals surface area (Å²) >= 11 is 0. The Kier molecular flexibility index (Phi) is 27.3. The van der Waals surface area contributed by atoms with Crippen LogP contribution in [0.5, 0.6) is 23.0 Å². The number of benzene rings is 2. The van der Waals surface area contributed by atoms with E-state index in [4.69, 9.17) is 76.5 Å². The third-order valence-electron chi connectivity index (χ3n) is 7.42. The van der Waals surface area contributed by atoms with Crippen molar-refractivity contribution < 1.29 is 86.1 Å². The molecule has 18 nitrogen and oxygen atoms in total. The summed E-state index contributed by atoms with van der Waals surface area (Å²) in [6, 6.07) is 9.18. The molecule has 1 aliphatic rings. The van der Waals surface area contributed by atoms with E-state index in [0.717, 1.165) is 0 Å². The number of rotatable bonds is 39. The molecule has 2 aromatic rings. The molecule has 1 aliphatic heterocycles. The van der Waals surface area contributed by atoms with Crippen molar-refractivity contribution in [3.05, 3.63) is 47.5 Å². The second-order valence-electron chi connectivity index (χ2n) is 11.7. The maximum Gasteiger partial charge on any atom is 0.233 e. The first-order valence-electron chi connectivity index (χ1n) is 19.0. The van der Waals surface area contributed by atoms with E-state index in [1.54, 1.807) is 12.1 Å². The minimum Gasteiger partial charge on any atom is -0.491 e. The minimum absolute atomic E-state index is 0.00814. The van der Waals surface area contributed by atoms with Gasteiger partial charge in [-0.25, -0.2) is 0 Å². The van der Waals surface area contributed by atoms with Crippen molar-refractivity contribution in [2.75, 3.05) is 165 Å². The molecule has 0 bridgehead atoms. The number of hydrogen-bond donors (Lipinski definition) is 2. The van der Waals surface area contributed by atoms with E-state index >= 15 is 0 Å². The van der Waals surface area contributed by atoms with Gasteiger partial charge in [-0.1, -0.05) is 0 Å². The van der Waals surface area contributed by atoms with Gasteiger partial charge in [-0.2, -0.15) is 0 Å². The van der Waals surface area contributed by atoms with Crippen LogP contribution in [-0.4, -0.2) is 187 Å². The zero-order chi connectivity index (χ0) is 40.4. The van der Waals surface area contributed by atoms with Gasteiger partial charge in [0.1, 0.15) is 24.7 Å². The molecule has 0 unspecified atom stereocenters. The van der Waals surface area contributed by atoms with Crippen LogP contribution in [0, 0.1) is 0 Å². The molecule has 0 spiro atoms. The molecule has 0 radical (unpaired) electrons. The summed E-state index contributed by atoms with van der Waals surface area (Å²) in [6.07, 6.45) is 0. The second kappa shape index (κ2) is 32.5. The Balaban J connectivity index is 1.32. The number of Topliss-reactive ketones (excluding diaryl/α,β-unsaturated/α-hetero) is 2. The number of hydrogen-bond acceptors (Lipinski definition) is 18. The molecule has 1 heterocycles. The van der Waals surface area contributed by atoms with Gasteiger partial charge in [0.15, 0.2) is 11.5 Å². The Morgan fingerprint density at radius 1 is 0.404 bits per heavy atom. The topological polar surface area (TPSA) is 204 Å². The highest BCUT2D eigenvalue weighted by Crippen LogP contribution is 2.33. The van der Waals surface area contributed by atoms with Crippen molar-refractivity contribution >= 4 is 11.6 Å². The molecular weight excluding hydrogens is 756 g/mol. The number of ketones is 2. The summed E-state index contributed by atoms with van der Waals surface area (Å²) in [5, 5.41) is 17.3. The number of aliphatic hydroxyl groups excluding tert-OH is 2. The molecule has 57 heavy (non-hydrogen) atoms. The van der Waals surface area contributed by atoms with Crippen molar-refractivity contribution in [1.29, 1.82) is 0 Å². The van der Waals surface area contributed by atoms with Crippen LogP contribution in [0.15, 0.2) is 36.4 Å². The highest BCUT2D eigenvalue weighted by molar-refractivity contribution is 6.49. The molecule has 0 amide bonds. The van der Waals surface area contributed by atoms with E-state index in [1.807, 2.05) is 0 Å². The predicted molar refractivity (Wildman–Crippen MR) is 201 cm³/mol. The molecular formula is C39H58O18. The summed E-state index contributed by atoms with van der Waals surface area (Å²) in [6.45, 7) is 8.06. The quantitative estimate of drug-likeness (QED) is 0.0556. The fourth-order valence-corrected chi connectivity index (χ4v) is 4.70. The maximum absolute atomic E-state index is 13.4. The van der Waals surface area contributed by atoms with Crippen LogP contribution in [0.3, 0.4) is 0 Å². The zero-order valence-electron chi connectivity index (χ0n) is 32.6. The van der Waals surface area contributed by atoms with Gasteiger partial charge in [-0.05, 0) is 30.3 Å². The number of aliphatic hydroxyl groups is 2. The Labute approximate surface area is 333 Å². The minimum atomic E-state index is -0.744. The van der Waals surface area contributed by atoms with Crippen LogP contribution >= 0.6 is 0 Å². The summed E-state index contributed by atoms with van der Waals surface area (Å²) < 4.78 is 76.4. The molecule has 18 heteroatoms. The Morgan fingerprint density at radius 3 is 1.12 bits per heavy atom. The fourth-order valence-electron chi connectivity index (χ4n) is 4.70. The van der Waals surface area contributed by atoms with Gasteiger partial charge in [0, 0.05) is 17.2 Å². The normalized spacial score (nSPS) is 12.0. The molecule has 322 valence electrons. The van der Waals surface area contributed by atoms with E-state index in [2.05, 4.69) is 0 Å². The van der Waals surface area contributed by atoms with E-state index in [1.165, 1.54) is 24.3 Å². The van der Waals surface area contributed by atoms with Crippen molar-refractivity contribution in [3.8, 4) is 23.0 Å². The lowest BCUT2D eigenvalue weighted by Crippen LogP contribution is -2.16. The molecule has 0 aromatic heterocycles. The van der Waals surface area contributed by atoms with E-state index < -0.39 is 11.6 Å². The Bertz CT molecular complexity index is 1290. The van der Waals surface area contributed by atoms with Crippen LogP contribution in [0.25, 0.3) is 0 Å². The number of ether oxygens (including phenoxy) is 14. The van der Waals surface area contributed by atoms with Crippen LogP contribution < -0.4 is 18.9 Å². The number of fused-ring (bicyclic) bond motifs is 1. The Hall–Kier alpha value is -3.50. The van der Waals surface area contributed by atoms with Crippen LogP contribution in [-0.2, 0) is 47.4 Å². The molecule has 0 saturated carbocycles. The van der Waals surface area contributed by atoms with Gasteiger partial charge in [0.05, 0.1) is 145 Å². The van der Waals surface area contributed by atoms with Gasteiger partial charge in [-0.15, -0.1) is 0 Å². The lowest BCUT2D eigenvalue weighted by molar-refractivity contribution is -0.0147. The van der Waals surface area contributed by atoms with Crippen molar-refractivity contribution in [3.63, 3.8) is 0 Å². The van der Waals surface area contributed by atoms with Gasteiger partial charge in [-0.3, -0.25) is 9.59 Å². The molecule has 0 atom stereocenters. The third kappa shape index (κ3) is 22.3. The molecule has 0 fully saturated rings. The van der Waals surface area contributed by atoms with E-state index in [0.29, 0.717) is 142 Å². The summed E-state index contributed by atoms with van der Waals surface area (Å²) in [4.78, 5) is 26.5. The highest BCUT2D eigenvalue weighted by atomic mass is 16.7. The fraction of sp³-hybridized carbons (Fsp3) is 0.641. The third-order valence-corrected chi connectivity index (χ3v) is 7.42. The molecule has 2 N–H and O–H groups in total. The lowest BCUT2D eigenvalue weighted by Gasteiger charge is -2.13. The summed E-state index contributed by atoms with van der Waals surface area (Å²) in [5.41, 5.74) is 0.259. The van der Waals surface area contributed by atoms with Gasteiger partial charge >= 0.3 is 0 Å². The highest BCUT2D eigenvalue weighted by Gasteiger charge is 2.23. The first kappa shape index (κ1) is 47.9. The molecule has 2 aromatic carbocycles. The van der Waals surface area contributed by atoms with Crippen LogP contribution in [0.4, 0.5) is 0 Å². The van der Waals surface area contributed by atoms with E-state index in [9.17, 15) is 9.59 Å². The lowest BCUT2D eigenvalue weighted by atomic mass is 10.0. The standard InChI is InChI=1S/C39H58O18/c40-3-5-44-7-9-46-11-13-48-15-17-50-19-21-52-23-25-54-34-27-33(39(43)38(42)32-1-2-36-37(29-32)57-31-56-36)28-35(30-34)55-26-24-53-22-20-51-18-16-49-14-12-47-10-8-45-6-4-41/h1-2,27-30,40-41H,3-26,31H2. The SMILES string of the molecule is O=C(C(=O)c1ccc2c(c1)OCO2)c1cc(OCCOCCOCCOCCOCCOCCO)cc(OCCOCCOCCOCCOCCOCCO)c1. The average Bonchev–Trinajstić information content (AvgIpc) is 3.71. The van der Waals surface area contributed by atoms with Crippen molar-refractivity contribution in [1.82, 2.24) is 0 Å². The average molecular weight is 815 g/mol. The number of carbonyl (C=O) groups is 2. The monoisotopic (exact) mass is 814 g/mol. The zero-order valence-corrected chi connectivity index (χ0v) is 32.6.